The number of likely N-dealkylation sites (N-methyl/N-ethyl adjacent to an activating group) is 1. The third-order valence-corrected chi connectivity index (χ3v) is 13.3. The van der Waals surface area contributed by atoms with Crippen LogP contribution in [0.2, 0.25) is 0 Å². The molecule has 386 valence electrons. The van der Waals surface area contributed by atoms with E-state index in [0.29, 0.717) is 30.3 Å². The second-order valence-electron chi connectivity index (χ2n) is 19.9. The number of aliphatic hydroxyl groups excluding tert-OH is 1. The number of carbonyl (C=O) groups excluding carboxylic acids is 1. The summed E-state index contributed by atoms with van der Waals surface area (Å²) in [6, 6.07) is -0.794. The third-order valence-electron chi connectivity index (χ3n) is 12.3. The number of phosphoric ester groups is 1. The molecule has 0 aromatic heterocycles. The summed E-state index contributed by atoms with van der Waals surface area (Å²) in [6.07, 6.45) is 64.3. The molecule has 3 N–H and O–H groups in total. The van der Waals surface area contributed by atoms with Crippen LogP contribution in [-0.2, 0) is 18.4 Å². The second kappa shape index (κ2) is 48.2. The maximum atomic E-state index is 12.9. The molecule has 0 aromatic rings. The van der Waals surface area contributed by atoms with Crippen molar-refractivity contribution in [3.63, 3.8) is 0 Å². The van der Waals surface area contributed by atoms with Gasteiger partial charge in [0.05, 0.1) is 39.9 Å². The van der Waals surface area contributed by atoms with Gasteiger partial charge in [-0.1, -0.05) is 248 Å². The van der Waals surface area contributed by atoms with Crippen molar-refractivity contribution in [1.29, 1.82) is 0 Å². The van der Waals surface area contributed by atoms with Crippen LogP contribution in [0.15, 0.2) is 60.8 Å². The van der Waals surface area contributed by atoms with E-state index in [1.165, 1.54) is 154 Å². The molecule has 0 spiro atoms. The maximum Gasteiger partial charge on any atom is 0.472 e. The number of unbranched alkanes of at least 4 members (excludes halogenated alkanes) is 27. The Bertz CT molecular complexity index is 1260. The van der Waals surface area contributed by atoms with E-state index in [2.05, 4.69) is 79.9 Å². The molecular weight excluding hydrogens is 840 g/mol. The standard InChI is InChI=1S/C57H107N2O6P/c1-6-8-10-12-14-16-18-20-22-24-25-26-27-28-29-30-31-32-33-35-36-38-40-42-44-46-48-50-56(60)55(54-65-66(62,63)64-53-52-59(3,4)5)58-57(61)51-49-47-45-43-41-39-37-34-23-21-19-17-15-13-11-9-7-2/h9,11,15,17,21,23,37,39,43,45,55-56,60H,6-8,10,12-14,16,18-20,22,24-36,38,40-42,44,46-54H2,1-5H3,(H-,58,61,62,63)/p+1/b11-9-,17-15-,23-21-,39-37-,45-43-. The highest BCUT2D eigenvalue weighted by atomic mass is 31.2. The van der Waals surface area contributed by atoms with Crippen molar-refractivity contribution in [3.05, 3.63) is 60.8 Å². The zero-order valence-corrected chi connectivity index (χ0v) is 44.8. The lowest BCUT2D eigenvalue weighted by Gasteiger charge is -2.26. The molecule has 66 heavy (non-hydrogen) atoms. The number of aliphatic hydroxyl groups is 1. The summed E-state index contributed by atoms with van der Waals surface area (Å²) in [5.41, 5.74) is 0. The number of phosphoric acid groups is 1. The minimum absolute atomic E-state index is 0.0618. The van der Waals surface area contributed by atoms with Gasteiger partial charge in [0.25, 0.3) is 0 Å². The van der Waals surface area contributed by atoms with Gasteiger partial charge in [0.2, 0.25) is 5.91 Å². The van der Waals surface area contributed by atoms with Crippen molar-refractivity contribution in [1.82, 2.24) is 5.32 Å². The number of amides is 1. The lowest BCUT2D eigenvalue weighted by atomic mass is 10.0. The van der Waals surface area contributed by atoms with Gasteiger partial charge in [-0.2, -0.15) is 0 Å². The van der Waals surface area contributed by atoms with E-state index in [1.807, 2.05) is 21.1 Å². The van der Waals surface area contributed by atoms with Gasteiger partial charge in [-0.05, 0) is 51.4 Å². The van der Waals surface area contributed by atoms with Crippen LogP contribution in [0.1, 0.15) is 245 Å². The predicted octanol–water partition coefficient (Wildman–Crippen LogP) is 16.5. The number of nitrogens with zero attached hydrogens (tertiary/aromatic N) is 1. The van der Waals surface area contributed by atoms with Crippen LogP contribution in [0.25, 0.3) is 0 Å². The van der Waals surface area contributed by atoms with E-state index in [0.717, 1.165) is 57.8 Å². The quantitative estimate of drug-likeness (QED) is 0.0243. The lowest BCUT2D eigenvalue weighted by molar-refractivity contribution is -0.870. The summed E-state index contributed by atoms with van der Waals surface area (Å²) in [4.78, 5) is 23.2. The lowest BCUT2D eigenvalue weighted by Crippen LogP contribution is -2.46. The Balaban J connectivity index is 4.21. The number of hydrogen-bond donors (Lipinski definition) is 3. The Hall–Kier alpha value is -1.80. The van der Waals surface area contributed by atoms with E-state index in [-0.39, 0.29) is 19.1 Å². The summed E-state index contributed by atoms with van der Waals surface area (Å²) < 4.78 is 23.7. The normalized spacial score (nSPS) is 14.5. The fraction of sp³-hybridized carbons (Fsp3) is 0.807. The molecule has 0 heterocycles. The van der Waals surface area contributed by atoms with E-state index in [1.54, 1.807) is 0 Å². The Morgan fingerprint density at radius 2 is 0.894 bits per heavy atom. The number of carbonyl (C=O) groups is 1. The van der Waals surface area contributed by atoms with Crippen LogP contribution in [0.4, 0.5) is 0 Å². The molecule has 9 heteroatoms. The topological polar surface area (TPSA) is 105 Å². The minimum atomic E-state index is -4.34. The van der Waals surface area contributed by atoms with Gasteiger partial charge in [-0.3, -0.25) is 13.8 Å². The van der Waals surface area contributed by atoms with E-state index in [9.17, 15) is 19.4 Å². The van der Waals surface area contributed by atoms with Crippen LogP contribution in [0.5, 0.6) is 0 Å². The highest BCUT2D eigenvalue weighted by Gasteiger charge is 2.28. The predicted molar refractivity (Wildman–Crippen MR) is 286 cm³/mol. The summed E-state index contributed by atoms with van der Waals surface area (Å²) in [7, 11) is 1.58. The molecule has 0 aliphatic heterocycles. The molecule has 0 radical (unpaired) electrons. The van der Waals surface area contributed by atoms with Crippen molar-refractivity contribution < 1.29 is 32.9 Å². The molecule has 0 aliphatic rings. The molecule has 0 rings (SSSR count). The fourth-order valence-corrected chi connectivity index (χ4v) is 8.70. The van der Waals surface area contributed by atoms with Crippen LogP contribution in [-0.4, -0.2) is 73.4 Å². The number of rotatable bonds is 50. The van der Waals surface area contributed by atoms with Gasteiger partial charge in [0, 0.05) is 6.42 Å². The van der Waals surface area contributed by atoms with Crippen molar-refractivity contribution in [3.8, 4) is 0 Å². The summed E-state index contributed by atoms with van der Waals surface area (Å²) in [5.74, 6) is -0.200. The smallest absolute Gasteiger partial charge is 0.391 e. The monoisotopic (exact) mass is 948 g/mol. The zero-order chi connectivity index (χ0) is 48.5. The van der Waals surface area contributed by atoms with Crippen molar-refractivity contribution >= 4 is 13.7 Å². The van der Waals surface area contributed by atoms with E-state index >= 15 is 0 Å². The van der Waals surface area contributed by atoms with Gasteiger partial charge in [-0.15, -0.1) is 0 Å². The highest BCUT2D eigenvalue weighted by Crippen LogP contribution is 2.43. The van der Waals surface area contributed by atoms with Crippen molar-refractivity contribution in [2.45, 2.75) is 257 Å². The van der Waals surface area contributed by atoms with E-state index in [4.69, 9.17) is 9.05 Å². The number of hydrogen-bond acceptors (Lipinski definition) is 5. The first-order valence-corrected chi connectivity index (χ1v) is 29.1. The molecule has 3 unspecified atom stereocenters. The van der Waals surface area contributed by atoms with Crippen molar-refractivity contribution in [2.24, 2.45) is 0 Å². The number of allylic oxidation sites excluding steroid dienone is 10. The van der Waals surface area contributed by atoms with Gasteiger partial charge in [-0.25, -0.2) is 4.57 Å². The Kier molecular flexibility index (Phi) is 46.9. The maximum absolute atomic E-state index is 12.9. The summed E-state index contributed by atoms with van der Waals surface area (Å²) in [6.45, 7) is 4.75. The first-order valence-electron chi connectivity index (χ1n) is 27.7. The first-order chi connectivity index (χ1) is 32.0. The Labute approximate surface area is 409 Å². The second-order valence-corrected chi connectivity index (χ2v) is 21.4. The molecule has 3 atom stereocenters. The first kappa shape index (κ1) is 64.2. The molecule has 0 aliphatic carbocycles. The molecular formula is C57H108N2O6P+. The molecule has 0 bridgehead atoms. The Morgan fingerprint density at radius 3 is 1.27 bits per heavy atom. The average Bonchev–Trinajstić information content (AvgIpc) is 3.28. The SMILES string of the molecule is CC/C=C\C/C=C\C/C=C\C/C=C\C/C=C\CCCC(=O)NC(COP(=O)(O)OCC[N+](C)(C)C)C(O)CCCCCCCCCCCCCCCCCCCCCCCCCCCCC. The van der Waals surface area contributed by atoms with Gasteiger partial charge < -0.3 is 19.8 Å². The van der Waals surface area contributed by atoms with Crippen LogP contribution in [0, 0.1) is 0 Å². The van der Waals surface area contributed by atoms with E-state index < -0.39 is 20.0 Å². The third kappa shape index (κ3) is 50.1. The van der Waals surface area contributed by atoms with Crippen LogP contribution < -0.4 is 5.32 Å². The summed E-state index contributed by atoms with van der Waals surface area (Å²) in [5, 5.41) is 14.0. The molecule has 0 saturated carbocycles. The van der Waals surface area contributed by atoms with Gasteiger partial charge in [0.15, 0.2) is 0 Å². The van der Waals surface area contributed by atoms with Crippen LogP contribution in [0.3, 0.4) is 0 Å². The number of quaternary nitrogens is 1. The molecule has 1 amide bonds. The van der Waals surface area contributed by atoms with Gasteiger partial charge >= 0.3 is 7.82 Å². The van der Waals surface area contributed by atoms with Crippen molar-refractivity contribution in [2.75, 3.05) is 40.9 Å². The molecule has 0 fully saturated rings. The Morgan fingerprint density at radius 1 is 0.530 bits per heavy atom. The molecule has 0 aromatic carbocycles. The number of nitrogens with one attached hydrogen (secondary N) is 1. The minimum Gasteiger partial charge on any atom is -0.391 e. The fourth-order valence-electron chi connectivity index (χ4n) is 7.97. The average molecular weight is 948 g/mol. The molecule has 0 saturated heterocycles. The highest BCUT2D eigenvalue weighted by molar-refractivity contribution is 7.47. The zero-order valence-electron chi connectivity index (χ0n) is 43.9. The largest absolute Gasteiger partial charge is 0.472 e. The van der Waals surface area contributed by atoms with Crippen LogP contribution >= 0.6 is 7.82 Å². The summed E-state index contributed by atoms with van der Waals surface area (Å²) >= 11 is 0. The molecule has 8 nitrogen and oxygen atoms in total. The van der Waals surface area contributed by atoms with Gasteiger partial charge in [0.1, 0.15) is 13.2 Å².